The van der Waals surface area contributed by atoms with Gasteiger partial charge in [-0.1, -0.05) is 29.8 Å². The summed E-state index contributed by atoms with van der Waals surface area (Å²) in [6.07, 6.45) is 4.75. The van der Waals surface area contributed by atoms with Gasteiger partial charge in [-0.15, -0.1) is 0 Å². The van der Waals surface area contributed by atoms with Crippen LogP contribution >= 0.6 is 0 Å². The second-order valence-corrected chi connectivity index (χ2v) is 4.44. The van der Waals surface area contributed by atoms with Gasteiger partial charge >= 0.3 is 0 Å². The molecule has 0 amide bonds. The molecule has 0 aliphatic rings. The Balaban J connectivity index is 2.39. The van der Waals surface area contributed by atoms with E-state index < -0.39 is 0 Å². The predicted molar refractivity (Wildman–Crippen MR) is 69.9 cm³/mol. The molecule has 2 rings (SSSR count). The number of rotatable bonds is 4. The van der Waals surface area contributed by atoms with Crippen LogP contribution < -0.4 is 5.73 Å². The highest BCUT2D eigenvalue weighted by Gasteiger charge is 2.17. The maximum atomic E-state index is 5.72. The molecule has 1 heterocycles. The van der Waals surface area contributed by atoms with E-state index in [0.717, 1.165) is 12.2 Å². The lowest BCUT2D eigenvalue weighted by atomic mass is 9.93. The lowest BCUT2D eigenvalue weighted by Crippen LogP contribution is -2.13. The molecule has 2 aromatic rings. The average molecular weight is 229 g/mol. The van der Waals surface area contributed by atoms with Crippen molar-refractivity contribution in [2.24, 2.45) is 12.8 Å². The van der Waals surface area contributed by atoms with Gasteiger partial charge in [-0.3, -0.25) is 0 Å². The van der Waals surface area contributed by atoms with Gasteiger partial charge in [0.15, 0.2) is 0 Å². The van der Waals surface area contributed by atoms with Gasteiger partial charge in [-0.2, -0.15) is 0 Å². The zero-order valence-corrected chi connectivity index (χ0v) is 10.4. The van der Waals surface area contributed by atoms with Gasteiger partial charge in [0.25, 0.3) is 0 Å². The number of benzene rings is 1. The highest BCUT2D eigenvalue weighted by molar-refractivity contribution is 5.30. The Morgan fingerprint density at radius 3 is 2.82 bits per heavy atom. The number of aryl methyl sites for hydroxylation is 2. The first-order chi connectivity index (χ1) is 8.22. The molecule has 2 N–H and O–H groups in total. The van der Waals surface area contributed by atoms with Crippen molar-refractivity contribution in [3.8, 4) is 0 Å². The first-order valence-corrected chi connectivity index (χ1v) is 5.96. The normalized spacial score (nSPS) is 12.6. The highest BCUT2D eigenvalue weighted by Crippen LogP contribution is 2.26. The molecule has 1 aromatic carbocycles. The minimum absolute atomic E-state index is 0.292. The van der Waals surface area contributed by atoms with Crippen LogP contribution in [-0.4, -0.2) is 16.1 Å². The first-order valence-electron chi connectivity index (χ1n) is 5.96. The summed E-state index contributed by atoms with van der Waals surface area (Å²) in [6.45, 7) is 2.78. The van der Waals surface area contributed by atoms with Gasteiger partial charge in [0.2, 0.25) is 0 Å². The van der Waals surface area contributed by atoms with Crippen molar-refractivity contribution < 1.29 is 0 Å². The van der Waals surface area contributed by atoms with E-state index in [-0.39, 0.29) is 0 Å². The first kappa shape index (κ1) is 11.9. The van der Waals surface area contributed by atoms with Crippen LogP contribution in [0.15, 0.2) is 36.7 Å². The molecular weight excluding hydrogens is 210 g/mol. The molecule has 0 saturated carbocycles. The SMILES string of the molecule is Cc1cccc(C(CCN)c2nccn2C)c1. The van der Waals surface area contributed by atoms with Gasteiger partial charge in [0, 0.05) is 25.4 Å². The molecule has 0 aliphatic carbocycles. The van der Waals surface area contributed by atoms with Crippen LogP contribution in [0.5, 0.6) is 0 Å². The third-order valence-corrected chi connectivity index (χ3v) is 3.07. The van der Waals surface area contributed by atoms with Crippen molar-refractivity contribution >= 4 is 0 Å². The zero-order chi connectivity index (χ0) is 12.3. The van der Waals surface area contributed by atoms with Crippen LogP contribution in [0, 0.1) is 6.92 Å². The second kappa shape index (κ2) is 5.15. The fourth-order valence-corrected chi connectivity index (χ4v) is 2.21. The summed E-state index contributed by atoms with van der Waals surface area (Å²) in [5.41, 5.74) is 8.30. The number of hydrogen-bond donors (Lipinski definition) is 1. The van der Waals surface area contributed by atoms with Crippen LogP contribution in [0.1, 0.15) is 29.3 Å². The molecule has 1 aromatic heterocycles. The van der Waals surface area contributed by atoms with E-state index in [1.54, 1.807) is 0 Å². The Labute approximate surface area is 102 Å². The monoisotopic (exact) mass is 229 g/mol. The van der Waals surface area contributed by atoms with Crippen molar-refractivity contribution in [3.63, 3.8) is 0 Å². The van der Waals surface area contributed by atoms with Crippen LogP contribution in [0.3, 0.4) is 0 Å². The van der Waals surface area contributed by atoms with Crippen molar-refractivity contribution in [3.05, 3.63) is 53.6 Å². The molecule has 0 radical (unpaired) electrons. The molecular formula is C14H19N3. The summed E-state index contributed by atoms with van der Waals surface area (Å²) in [7, 11) is 2.03. The van der Waals surface area contributed by atoms with Gasteiger partial charge in [0.1, 0.15) is 5.82 Å². The van der Waals surface area contributed by atoms with Crippen LogP contribution in [0.2, 0.25) is 0 Å². The Morgan fingerprint density at radius 2 is 2.24 bits per heavy atom. The molecule has 0 fully saturated rings. The van der Waals surface area contributed by atoms with E-state index in [9.17, 15) is 0 Å². The van der Waals surface area contributed by atoms with E-state index in [0.29, 0.717) is 12.5 Å². The summed E-state index contributed by atoms with van der Waals surface area (Å²) < 4.78 is 2.07. The minimum Gasteiger partial charge on any atom is -0.337 e. The molecule has 0 spiro atoms. The van der Waals surface area contributed by atoms with E-state index >= 15 is 0 Å². The quantitative estimate of drug-likeness (QED) is 0.873. The lowest BCUT2D eigenvalue weighted by molar-refractivity contribution is 0.648. The van der Waals surface area contributed by atoms with Crippen molar-refractivity contribution in [1.29, 1.82) is 0 Å². The summed E-state index contributed by atoms with van der Waals surface area (Å²) >= 11 is 0. The maximum Gasteiger partial charge on any atom is 0.115 e. The van der Waals surface area contributed by atoms with Crippen molar-refractivity contribution in [2.75, 3.05) is 6.54 Å². The van der Waals surface area contributed by atoms with Gasteiger partial charge in [0.05, 0.1) is 0 Å². The molecule has 3 nitrogen and oxygen atoms in total. The lowest BCUT2D eigenvalue weighted by Gasteiger charge is -2.17. The van der Waals surface area contributed by atoms with E-state index in [1.165, 1.54) is 11.1 Å². The number of imidazole rings is 1. The summed E-state index contributed by atoms with van der Waals surface area (Å²) in [6, 6.07) is 8.58. The number of hydrogen-bond acceptors (Lipinski definition) is 2. The third-order valence-electron chi connectivity index (χ3n) is 3.07. The van der Waals surface area contributed by atoms with Gasteiger partial charge in [-0.25, -0.2) is 4.98 Å². The highest BCUT2D eigenvalue weighted by atomic mass is 15.0. The number of nitrogens with two attached hydrogens (primary N) is 1. The minimum atomic E-state index is 0.292. The molecule has 90 valence electrons. The second-order valence-electron chi connectivity index (χ2n) is 4.44. The summed E-state index contributed by atoms with van der Waals surface area (Å²) in [4.78, 5) is 4.45. The molecule has 0 aliphatic heterocycles. The third kappa shape index (κ3) is 2.56. The Kier molecular flexibility index (Phi) is 3.59. The smallest absolute Gasteiger partial charge is 0.115 e. The fraction of sp³-hybridized carbons (Fsp3) is 0.357. The summed E-state index contributed by atoms with van der Waals surface area (Å²) in [5, 5.41) is 0. The molecule has 1 unspecified atom stereocenters. The Morgan fingerprint density at radius 1 is 1.41 bits per heavy atom. The molecule has 0 bridgehead atoms. The molecule has 1 atom stereocenters. The van der Waals surface area contributed by atoms with Crippen molar-refractivity contribution in [1.82, 2.24) is 9.55 Å². The van der Waals surface area contributed by atoms with Crippen LogP contribution in [0.25, 0.3) is 0 Å². The van der Waals surface area contributed by atoms with Crippen LogP contribution in [0.4, 0.5) is 0 Å². The number of aromatic nitrogens is 2. The molecule has 0 saturated heterocycles. The number of nitrogens with zero attached hydrogens (tertiary/aromatic N) is 2. The Hall–Kier alpha value is -1.61. The van der Waals surface area contributed by atoms with Crippen molar-refractivity contribution in [2.45, 2.75) is 19.3 Å². The molecule has 3 heteroatoms. The van der Waals surface area contributed by atoms with E-state index in [4.69, 9.17) is 5.73 Å². The fourth-order valence-electron chi connectivity index (χ4n) is 2.21. The average Bonchev–Trinajstić information content (AvgIpc) is 2.72. The Bertz CT molecular complexity index is 488. The molecule has 17 heavy (non-hydrogen) atoms. The van der Waals surface area contributed by atoms with Crippen LogP contribution in [-0.2, 0) is 7.05 Å². The van der Waals surface area contributed by atoms with E-state index in [2.05, 4.69) is 40.7 Å². The van der Waals surface area contributed by atoms with Gasteiger partial charge < -0.3 is 10.3 Å². The largest absolute Gasteiger partial charge is 0.337 e. The predicted octanol–water partition coefficient (Wildman–Crippen LogP) is 2.21. The maximum absolute atomic E-state index is 5.72. The topological polar surface area (TPSA) is 43.8 Å². The standard InChI is InChI=1S/C14H19N3/c1-11-4-3-5-12(10-11)13(6-7-15)14-16-8-9-17(14)2/h3-5,8-10,13H,6-7,15H2,1-2H3. The zero-order valence-electron chi connectivity index (χ0n) is 10.4. The van der Waals surface area contributed by atoms with E-state index in [1.807, 2.05) is 19.4 Å². The summed E-state index contributed by atoms with van der Waals surface area (Å²) in [5.74, 6) is 1.38. The van der Waals surface area contributed by atoms with Gasteiger partial charge in [-0.05, 0) is 25.5 Å².